The average Bonchev–Trinajstić information content (AvgIpc) is 2.68. The molecule has 0 unspecified atom stereocenters. The van der Waals surface area contributed by atoms with E-state index < -0.39 is 32.2 Å². The summed E-state index contributed by atoms with van der Waals surface area (Å²) in [5.74, 6) is 0.362. The van der Waals surface area contributed by atoms with Crippen molar-refractivity contribution >= 4 is 41.0 Å². The van der Waals surface area contributed by atoms with Crippen molar-refractivity contribution in [2.24, 2.45) is 0 Å². The zero-order valence-electron chi connectivity index (χ0n) is 19.9. The second kappa shape index (κ2) is 9.25. The monoisotopic (exact) mass is 539 g/mol. The van der Waals surface area contributed by atoms with Gasteiger partial charge in [-0.3, -0.25) is 0 Å². The van der Waals surface area contributed by atoms with Crippen LogP contribution >= 0.6 is 15.9 Å². The van der Waals surface area contributed by atoms with Gasteiger partial charge in [0.2, 0.25) is 8.32 Å². The van der Waals surface area contributed by atoms with Crippen LogP contribution < -0.4 is 9.74 Å². The molecule has 0 aliphatic rings. The van der Waals surface area contributed by atoms with Crippen LogP contribution in [-0.4, -0.2) is 18.3 Å². The quantitative estimate of drug-likeness (QED) is 0.319. The SMILES string of the molecule is Cc1nc(N[C@H](C)c2cc(O[Si](C)(C)C(C)(C)C)cc(C(F)F)c2F)c2cc(Br)ccc2n1. The van der Waals surface area contributed by atoms with Crippen molar-refractivity contribution in [2.75, 3.05) is 5.32 Å². The minimum atomic E-state index is -2.96. The highest BCUT2D eigenvalue weighted by molar-refractivity contribution is 9.10. The standard InChI is InChI=1S/C24H29BrF3N3OSi/c1-13(29-23-18-10-15(25)8-9-20(18)30-14(2)31-23)17-11-16(12-19(21(17)26)22(27)28)32-33(6,7)24(3,4)5/h8-13,22H,1-7H3,(H,29,30,31)/t13-/m1/s1. The van der Waals surface area contributed by atoms with Gasteiger partial charge in [0.25, 0.3) is 6.43 Å². The molecular formula is C24H29BrF3N3OSi. The summed E-state index contributed by atoms with van der Waals surface area (Å²) < 4.78 is 49.7. The van der Waals surface area contributed by atoms with Gasteiger partial charge in [0, 0.05) is 15.4 Å². The third kappa shape index (κ3) is 5.51. The van der Waals surface area contributed by atoms with Crippen LogP contribution in [-0.2, 0) is 0 Å². The van der Waals surface area contributed by atoms with Crippen LogP contribution in [0.4, 0.5) is 19.0 Å². The van der Waals surface area contributed by atoms with Crippen LogP contribution in [0.25, 0.3) is 10.9 Å². The smallest absolute Gasteiger partial charge is 0.266 e. The fourth-order valence-electron chi connectivity index (χ4n) is 3.23. The Labute approximate surface area is 202 Å². The van der Waals surface area contributed by atoms with E-state index in [0.29, 0.717) is 11.6 Å². The van der Waals surface area contributed by atoms with Crippen molar-refractivity contribution in [1.29, 1.82) is 0 Å². The summed E-state index contributed by atoms with van der Waals surface area (Å²) in [7, 11) is -2.32. The maximum Gasteiger partial charge on any atom is 0.266 e. The topological polar surface area (TPSA) is 47.0 Å². The Morgan fingerprint density at radius 2 is 1.70 bits per heavy atom. The van der Waals surface area contributed by atoms with E-state index in [1.807, 2.05) is 31.3 Å². The maximum atomic E-state index is 15.2. The van der Waals surface area contributed by atoms with Crippen molar-refractivity contribution in [2.45, 2.75) is 65.2 Å². The zero-order valence-corrected chi connectivity index (χ0v) is 22.4. The number of alkyl halides is 2. The molecule has 4 nitrogen and oxygen atoms in total. The third-order valence-corrected chi connectivity index (χ3v) is 11.0. The number of hydrogen-bond donors (Lipinski definition) is 1. The number of rotatable bonds is 6. The molecular weight excluding hydrogens is 511 g/mol. The van der Waals surface area contributed by atoms with Crippen LogP contribution in [0.1, 0.15) is 57.1 Å². The summed E-state index contributed by atoms with van der Waals surface area (Å²) >= 11 is 3.45. The summed E-state index contributed by atoms with van der Waals surface area (Å²) in [5, 5.41) is 3.80. The summed E-state index contributed by atoms with van der Waals surface area (Å²) in [4.78, 5) is 8.90. The molecule has 1 atom stereocenters. The lowest BCUT2D eigenvalue weighted by molar-refractivity contribution is 0.145. The lowest BCUT2D eigenvalue weighted by atomic mass is 10.0. The first kappa shape index (κ1) is 25.5. The maximum absolute atomic E-state index is 15.2. The predicted octanol–water partition coefficient (Wildman–Crippen LogP) is 8.33. The van der Waals surface area contributed by atoms with Gasteiger partial charge >= 0.3 is 0 Å². The summed E-state index contributed by atoms with van der Waals surface area (Å²) in [5.41, 5.74) is 0.159. The van der Waals surface area contributed by atoms with Gasteiger partial charge in [-0.2, -0.15) is 0 Å². The molecule has 178 valence electrons. The van der Waals surface area contributed by atoms with Crippen LogP contribution in [0.2, 0.25) is 18.1 Å². The highest BCUT2D eigenvalue weighted by Gasteiger charge is 2.39. The molecule has 0 bridgehead atoms. The van der Waals surface area contributed by atoms with Crippen LogP contribution in [0.5, 0.6) is 5.75 Å². The molecule has 3 rings (SSSR count). The Morgan fingerprint density at radius 3 is 2.30 bits per heavy atom. The number of hydrogen-bond acceptors (Lipinski definition) is 4. The zero-order chi connectivity index (χ0) is 24.7. The molecule has 1 N–H and O–H groups in total. The highest BCUT2D eigenvalue weighted by atomic mass is 79.9. The Hall–Kier alpha value is -2.13. The van der Waals surface area contributed by atoms with E-state index in [9.17, 15) is 8.78 Å². The van der Waals surface area contributed by atoms with Gasteiger partial charge < -0.3 is 9.74 Å². The molecule has 0 amide bonds. The van der Waals surface area contributed by atoms with E-state index in [4.69, 9.17) is 4.43 Å². The second-order valence-electron chi connectivity index (χ2n) is 9.73. The molecule has 0 spiro atoms. The minimum Gasteiger partial charge on any atom is -0.543 e. The van der Waals surface area contributed by atoms with E-state index in [0.717, 1.165) is 21.4 Å². The average molecular weight is 540 g/mol. The van der Waals surface area contributed by atoms with Gasteiger partial charge in [0.1, 0.15) is 23.2 Å². The van der Waals surface area contributed by atoms with Crippen molar-refractivity contribution in [1.82, 2.24) is 9.97 Å². The number of aromatic nitrogens is 2. The van der Waals surface area contributed by atoms with E-state index in [1.165, 1.54) is 6.07 Å². The van der Waals surface area contributed by atoms with E-state index >= 15 is 4.39 Å². The molecule has 0 saturated carbocycles. The lowest BCUT2D eigenvalue weighted by Gasteiger charge is -2.36. The molecule has 9 heteroatoms. The number of nitrogens with zero attached hydrogens (tertiary/aromatic N) is 2. The molecule has 0 saturated heterocycles. The number of aryl methyl sites for hydroxylation is 1. The fourth-order valence-corrected chi connectivity index (χ4v) is 4.61. The van der Waals surface area contributed by atoms with Gasteiger partial charge in [-0.05, 0) is 62.3 Å². The van der Waals surface area contributed by atoms with Crippen LogP contribution in [0, 0.1) is 12.7 Å². The van der Waals surface area contributed by atoms with Gasteiger partial charge in [-0.15, -0.1) is 0 Å². The molecule has 33 heavy (non-hydrogen) atoms. The minimum absolute atomic E-state index is 0.0981. The van der Waals surface area contributed by atoms with Crippen molar-refractivity contribution in [3.63, 3.8) is 0 Å². The Bertz CT molecular complexity index is 1180. The van der Waals surface area contributed by atoms with E-state index in [2.05, 4.69) is 52.0 Å². The predicted molar refractivity (Wildman–Crippen MR) is 133 cm³/mol. The lowest BCUT2D eigenvalue weighted by Crippen LogP contribution is -2.43. The number of nitrogens with one attached hydrogen (secondary N) is 1. The first-order valence-corrected chi connectivity index (χ1v) is 14.4. The molecule has 1 aromatic heterocycles. The van der Waals surface area contributed by atoms with E-state index in [1.54, 1.807) is 13.8 Å². The molecule has 0 aliphatic heterocycles. The largest absolute Gasteiger partial charge is 0.543 e. The number of benzene rings is 2. The molecule has 0 aliphatic carbocycles. The third-order valence-electron chi connectivity index (χ3n) is 6.11. The van der Waals surface area contributed by atoms with Gasteiger partial charge in [-0.1, -0.05) is 36.7 Å². The number of anilines is 1. The molecule has 0 radical (unpaired) electrons. The summed E-state index contributed by atoms with van der Waals surface area (Å²) in [6.07, 6.45) is -2.96. The normalized spacial score (nSPS) is 13.5. The molecule has 1 heterocycles. The van der Waals surface area contributed by atoms with Crippen LogP contribution in [0.3, 0.4) is 0 Å². The molecule has 2 aromatic carbocycles. The number of halogens is 4. The van der Waals surface area contributed by atoms with Crippen molar-refractivity contribution in [3.8, 4) is 5.75 Å². The number of fused-ring (bicyclic) bond motifs is 1. The van der Waals surface area contributed by atoms with E-state index in [-0.39, 0.29) is 16.4 Å². The summed E-state index contributed by atoms with van der Waals surface area (Å²) in [6.45, 7) is 13.7. The highest BCUT2D eigenvalue weighted by Crippen LogP contribution is 2.40. The Kier molecular flexibility index (Phi) is 7.15. The molecule has 0 fully saturated rings. The summed E-state index contributed by atoms with van der Waals surface area (Å²) in [6, 6.07) is 7.58. The Balaban J connectivity index is 2.06. The molecule has 3 aromatic rings. The van der Waals surface area contributed by atoms with Gasteiger partial charge in [-0.25, -0.2) is 23.1 Å². The second-order valence-corrected chi connectivity index (χ2v) is 15.4. The first-order chi connectivity index (χ1) is 15.2. The first-order valence-electron chi connectivity index (χ1n) is 10.7. The van der Waals surface area contributed by atoms with Crippen molar-refractivity contribution < 1.29 is 17.6 Å². The van der Waals surface area contributed by atoms with Crippen molar-refractivity contribution in [3.05, 3.63) is 57.6 Å². The van der Waals surface area contributed by atoms with Crippen LogP contribution in [0.15, 0.2) is 34.8 Å². The fraction of sp³-hybridized carbons (Fsp3) is 0.417. The Morgan fingerprint density at radius 1 is 1.06 bits per heavy atom. The van der Waals surface area contributed by atoms with Gasteiger partial charge in [0.15, 0.2) is 0 Å². The van der Waals surface area contributed by atoms with Gasteiger partial charge in [0.05, 0.1) is 17.1 Å².